The van der Waals surface area contributed by atoms with Gasteiger partial charge in [0.2, 0.25) is 10.0 Å². The molecule has 9 heteroatoms. The predicted molar refractivity (Wildman–Crippen MR) is 75.2 cm³/mol. The van der Waals surface area contributed by atoms with E-state index in [-0.39, 0.29) is 34.6 Å². The van der Waals surface area contributed by atoms with E-state index in [1.807, 2.05) is 0 Å². The van der Waals surface area contributed by atoms with Crippen molar-refractivity contribution < 1.29 is 13.3 Å². The van der Waals surface area contributed by atoms with E-state index in [9.17, 15) is 18.5 Å². The highest BCUT2D eigenvalue weighted by atomic mass is 35.5. The van der Waals surface area contributed by atoms with Gasteiger partial charge in [-0.1, -0.05) is 11.6 Å². The van der Waals surface area contributed by atoms with Crippen molar-refractivity contribution in [3.63, 3.8) is 0 Å². The number of nitro benzene ring substituents is 1. The number of nitro groups is 1. The summed E-state index contributed by atoms with van der Waals surface area (Å²) in [6.45, 7) is 0.416. The monoisotopic (exact) mass is 329 g/mol. The molecule has 1 fully saturated rings. The van der Waals surface area contributed by atoms with Crippen molar-refractivity contribution in [1.82, 2.24) is 4.31 Å². The van der Waals surface area contributed by atoms with Crippen molar-refractivity contribution in [2.24, 2.45) is 5.92 Å². The van der Waals surface area contributed by atoms with E-state index in [0.29, 0.717) is 12.8 Å². The molecule has 0 aromatic heterocycles. The summed E-state index contributed by atoms with van der Waals surface area (Å²) in [6, 6.07) is 5.44. The summed E-state index contributed by atoms with van der Waals surface area (Å²) in [5.74, 6) is -0.156. The van der Waals surface area contributed by atoms with Crippen LogP contribution in [-0.4, -0.2) is 30.7 Å². The Morgan fingerprint density at radius 2 is 2.00 bits per heavy atom. The van der Waals surface area contributed by atoms with Gasteiger partial charge in [-0.05, 0) is 18.9 Å². The third-order valence-electron chi connectivity index (χ3n) is 3.38. The fourth-order valence-electron chi connectivity index (χ4n) is 2.17. The van der Waals surface area contributed by atoms with Crippen molar-refractivity contribution in [2.45, 2.75) is 17.7 Å². The smallest absolute Gasteiger partial charge is 0.258 e. The van der Waals surface area contributed by atoms with Crippen LogP contribution in [0.1, 0.15) is 12.8 Å². The lowest BCUT2D eigenvalue weighted by molar-refractivity contribution is -0.385. The molecule has 0 radical (unpaired) electrons. The lowest BCUT2D eigenvalue weighted by atomic mass is 10.0. The molecule has 1 heterocycles. The van der Waals surface area contributed by atoms with Gasteiger partial charge in [0, 0.05) is 31.1 Å². The summed E-state index contributed by atoms with van der Waals surface area (Å²) in [4.78, 5) is 9.83. The molecule has 0 spiro atoms. The largest absolute Gasteiger partial charge is 0.270 e. The molecule has 1 aromatic carbocycles. The normalized spacial score (nSPS) is 17.3. The molecular weight excluding hydrogens is 318 g/mol. The molecule has 112 valence electrons. The number of benzene rings is 1. The van der Waals surface area contributed by atoms with Crippen LogP contribution in [0.3, 0.4) is 0 Å². The molecule has 0 N–H and O–H groups in total. The lowest BCUT2D eigenvalue weighted by Gasteiger charge is -2.28. The maximum absolute atomic E-state index is 12.5. The highest BCUT2D eigenvalue weighted by Crippen LogP contribution is 2.30. The quantitative estimate of drug-likeness (QED) is 0.624. The Kier molecular flexibility index (Phi) is 4.46. The minimum atomic E-state index is -3.89. The van der Waals surface area contributed by atoms with E-state index in [4.69, 9.17) is 16.9 Å². The molecule has 1 aromatic rings. The van der Waals surface area contributed by atoms with Crippen LogP contribution in [0.25, 0.3) is 0 Å². The van der Waals surface area contributed by atoms with Crippen LogP contribution >= 0.6 is 11.6 Å². The number of nitrogens with zero attached hydrogens (tertiary/aromatic N) is 3. The van der Waals surface area contributed by atoms with Gasteiger partial charge in [-0.2, -0.15) is 9.57 Å². The van der Waals surface area contributed by atoms with Crippen LogP contribution in [0.4, 0.5) is 5.69 Å². The van der Waals surface area contributed by atoms with Crippen molar-refractivity contribution >= 4 is 27.3 Å². The molecule has 0 unspecified atom stereocenters. The summed E-state index contributed by atoms with van der Waals surface area (Å²) >= 11 is 5.88. The molecule has 2 rings (SSSR count). The number of rotatable bonds is 3. The Morgan fingerprint density at radius 1 is 1.38 bits per heavy atom. The molecule has 0 amide bonds. The minimum Gasteiger partial charge on any atom is -0.258 e. The fraction of sp³-hybridized carbons (Fsp3) is 0.417. The fourth-order valence-corrected chi connectivity index (χ4v) is 4.13. The van der Waals surface area contributed by atoms with Crippen LogP contribution in [0, 0.1) is 27.4 Å². The number of nitriles is 1. The molecule has 21 heavy (non-hydrogen) atoms. The first-order valence-electron chi connectivity index (χ1n) is 6.20. The van der Waals surface area contributed by atoms with E-state index in [2.05, 4.69) is 6.07 Å². The molecule has 0 aliphatic carbocycles. The van der Waals surface area contributed by atoms with Crippen LogP contribution in [0.15, 0.2) is 23.1 Å². The van der Waals surface area contributed by atoms with E-state index >= 15 is 0 Å². The molecule has 1 aliphatic rings. The van der Waals surface area contributed by atoms with E-state index < -0.39 is 14.9 Å². The summed E-state index contributed by atoms with van der Waals surface area (Å²) in [5.41, 5.74) is -0.329. The van der Waals surface area contributed by atoms with E-state index in [1.54, 1.807) is 0 Å². The third kappa shape index (κ3) is 3.15. The van der Waals surface area contributed by atoms with Crippen molar-refractivity contribution in [3.05, 3.63) is 33.3 Å². The Bertz CT molecular complexity index is 706. The standard InChI is InChI=1S/C12H12ClN3O4S/c13-11-2-1-10(16(17)18)7-12(11)21(19,20)15-5-3-9(8-14)4-6-15/h1-2,7,9H,3-6H2. The number of hydrogen-bond donors (Lipinski definition) is 0. The predicted octanol–water partition coefficient (Wildman–Crippen LogP) is 2.17. The first-order chi connectivity index (χ1) is 9.86. The van der Waals surface area contributed by atoms with Crippen LogP contribution < -0.4 is 0 Å². The van der Waals surface area contributed by atoms with Gasteiger partial charge in [0.15, 0.2) is 0 Å². The molecular formula is C12H12ClN3O4S. The Balaban J connectivity index is 2.34. The first-order valence-corrected chi connectivity index (χ1v) is 8.02. The van der Waals surface area contributed by atoms with Gasteiger partial charge in [0.05, 0.1) is 16.0 Å². The Morgan fingerprint density at radius 3 is 2.52 bits per heavy atom. The Labute approximate surface area is 126 Å². The zero-order valence-corrected chi connectivity index (χ0v) is 12.5. The second-order valence-electron chi connectivity index (χ2n) is 4.68. The van der Waals surface area contributed by atoms with Crippen molar-refractivity contribution in [1.29, 1.82) is 5.26 Å². The summed E-state index contributed by atoms with van der Waals surface area (Å²) in [5, 5.41) is 19.5. The van der Waals surface area contributed by atoms with Gasteiger partial charge in [-0.3, -0.25) is 10.1 Å². The van der Waals surface area contributed by atoms with E-state index in [0.717, 1.165) is 12.1 Å². The second kappa shape index (κ2) is 5.97. The molecule has 0 atom stereocenters. The van der Waals surface area contributed by atoms with Gasteiger partial charge < -0.3 is 0 Å². The number of halogens is 1. The number of piperidine rings is 1. The summed E-state index contributed by atoms with van der Waals surface area (Å²) < 4.78 is 26.2. The molecule has 7 nitrogen and oxygen atoms in total. The maximum atomic E-state index is 12.5. The molecule has 1 aliphatic heterocycles. The average molecular weight is 330 g/mol. The highest BCUT2D eigenvalue weighted by molar-refractivity contribution is 7.89. The maximum Gasteiger partial charge on any atom is 0.270 e. The first kappa shape index (κ1) is 15.7. The van der Waals surface area contributed by atoms with Crippen LogP contribution in [-0.2, 0) is 10.0 Å². The minimum absolute atomic E-state index is 0.0528. The van der Waals surface area contributed by atoms with Crippen molar-refractivity contribution in [3.8, 4) is 6.07 Å². The summed E-state index contributed by atoms with van der Waals surface area (Å²) in [6.07, 6.45) is 0.893. The van der Waals surface area contributed by atoms with Gasteiger partial charge >= 0.3 is 0 Å². The Hall–Kier alpha value is -1.69. The number of sulfonamides is 1. The summed E-state index contributed by atoms with van der Waals surface area (Å²) in [7, 11) is -3.89. The second-order valence-corrected chi connectivity index (χ2v) is 6.99. The SMILES string of the molecule is N#CC1CCN(S(=O)(=O)c2cc([N+](=O)[O-])ccc2Cl)CC1. The van der Waals surface area contributed by atoms with Gasteiger partial charge in [0.1, 0.15) is 4.90 Å². The number of hydrogen-bond acceptors (Lipinski definition) is 5. The van der Waals surface area contributed by atoms with Crippen LogP contribution in [0.5, 0.6) is 0 Å². The van der Waals surface area contributed by atoms with Crippen LogP contribution in [0.2, 0.25) is 5.02 Å². The third-order valence-corrected chi connectivity index (χ3v) is 5.76. The molecule has 0 bridgehead atoms. The van der Waals surface area contributed by atoms with Gasteiger partial charge in [-0.25, -0.2) is 8.42 Å². The van der Waals surface area contributed by atoms with Gasteiger partial charge in [-0.15, -0.1) is 0 Å². The average Bonchev–Trinajstić information content (AvgIpc) is 2.47. The van der Waals surface area contributed by atoms with E-state index in [1.165, 1.54) is 10.4 Å². The zero-order valence-electron chi connectivity index (χ0n) is 10.9. The molecule has 1 saturated heterocycles. The topological polar surface area (TPSA) is 104 Å². The lowest BCUT2D eigenvalue weighted by Crippen LogP contribution is -2.38. The van der Waals surface area contributed by atoms with Gasteiger partial charge in [0.25, 0.3) is 5.69 Å². The highest BCUT2D eigenvalue weighted by Gasteiger charge is 2.31. The zero-order chi connectivity index (χ0) is 15.6. The number of non-ortho nitro benzene ring substituents is 1. The molecule has 0 saturated carbocycles. The van der Waals surface area contributed by atoms with Crippen molar-refractivity contribution in [2.75, 3.05) is 13.1 Å².